The van der Waals surface area contributed by atoms with Crippen molar-refractivity contribution in [3.8, 4) is 11.4 Å². The van der Waals surface area contributed by atoms with Gasteiger partial charge in [0.05, 0.1) is 5.69 Å². The lowest BCUT2D eigenvalue weighted by Gasteiger charge is -2.06. The molecule has 0 spiro atoms. The number of aromatic amines is 1. The first-order valence-corrected chi connectivity index (χ1v) is 6.16. The molecule has 0 saturated carbocycles. The Morgan fingerprint density at radius 2 is 2.12 bits per heavy atom. The summed E-state index contributed by atoms with van der Waals surface area (Å²) in [4.78, 5) is 18.8. The second-order valence-corrected chi connectivity index (χ2v) is 4.89. The predicted molar refractivity (Wildman–Crippen MR) is 67.0 cm³/mol. The number of rotatable bonds is 2. The molecule has 1 N–H and O–H groups in total. The molecule has 0 aliphatic carbocycles. The summed E-state index contributed by atoms with van der Waals surface area (Å²) in [6.07, 6.45) is 0. The van der Waals surface area contributed by atoms with Crippen LogP contribution in [0.3, 0.4) is 0 Å². The molecule has 2 aromatic heterocycles. The molecule has 16 heavy (non-hydrogen) atoms. The van der Waals surface area contributed by atoms with Crippen molar-refractivity contribution in [2.24, 2.45) is 0 Å². The maximum absolute atomic E-state index is 11.5. The lowest BCUT2D eigenvalue weighted by atomic mass is 10.1. The summed E-state index contributed by atoms with van der Waals surface area (Å²) in [6.45, 7) is 6.09. The number of nitrogens with one attached hydrogen (secondary N) is 1. The second-order valence-electron chi connectivity index (χ2n) is 4.14. The molecule has 0 aliphatic heterocycles. The third-order valence-electron chi connectivity index (χ3n) is 2.46. The molecule has 4 heteroatoms. The van der Waals surface area contributed by atoms with Gasteiger partial charge in [-0.3, -0.25) is 4.79 Å². The second kappa shape index (κ2) is 4.22. The standard InChI is InChI=1S/C12H14N2OS/c1-7(2)10-4-11(15)14-12(13-10)9-6-16-5-8(9)3/h4-7H,1-3H3,(H,13,14,15). The molecule has 0 radical (unpaired) electrons. The van der Waals surface area contributed by atoms with Crippen LogP contribution in [0, 0.1) is 6.92 Å². The van der Waals surface area contributed by atoms with Gasteiger partial charge in [-0.1, -0.05) is 13.8 Å². The van der Waals surface area contributed by atoms with E-state index in [9.17, 15) is 4.79 Å². The van der Waals surface area contributed by atoms with Gasteiger partial charge in [-0.05, 0) is 23.8 Å². The molecule has 0 bridgehead atoms. The molecule has 0 atom stereocenters. The molecule has 2 aromatic rings. The number of nitrogens with zero attached hydrogens (tertiary/aromatic N) is 1. The highest BCUT2D eigenvalue weighted by Gasteiger charge is 2.09. The zero-order valence-corrected chi connectivity index (χ0v) is 10.4. The summed E-state index contributed by atoms with van der Waals surface area (Å²) in [5, 5.41) is 4.06. The predicted octanol–water partition coefficient (Wildman–Crippen LogP) is 2.93. The number of hydrogen-bond acceptors (Lipinski definition) is 3. The van der Waals surface area contributed by atoms with Crippen molar-refractivity contribution in [3.63, 3.8) is 0 Å². The summed E-state index contributed by atoms with van der Waals surface area (Å²) >= 11 is 1.62. The van der Waals surface area contributed by atoms with E-state index >= 15 is 0 Å². The van der Waals surface area contributed by atoms with E-state index in [1.54, 1.807) is 17.4 Å². The van der Waals surface area contributed by atoms with Crippen LogP contribution in [0.1, 0.15) is 31.0 Å². The van der Waals surface area contributed by atoms with E-state index in [2.05, 4.69) is 15.3 Å². The fourth-order valence-electron chi connectivity index (χ4n) is 1.50. The van der Waals surface area contributed by atoms with Gasteiger partial charge in [-0.15, -0.1) is 0 Å². The maximum Gasteiger partial charge on any atom is 0.251 e. The summed E-state index contributed by atoms with van der Waals surface area (Å²) in [7, 11) is 0. The molecular weight excluding hydrogens is 220 g/mol. The van der Waals surface area contributed by atoms with Crippen molar-refractivity contribution >= 4 is 11.3 Å². The van der Waals surface area contributed by atoms with Gasteiger partial charge in [0.2, 0.25) is 0 Å². The molecular formula is C12H14N2OS. The normalized spacial score (nSPS) is 11.0. The highest BCUT2D eigenvalue weighted by molar-refractivity contribution is 7.08. The van der Waals surface area contributed by atoms with Crippen molar-refractivity contribution in [2.75, 3.05) is 0 Å². The molecule has 0 fully saturated rings. The van der Waals surface area contributed by atoms with Crippen molar-refractivity contribution in [2.45, 2.75) is 26.7 Å². The molecule has 0 unspecified atom stereocenters. The van der Waals surface area contributed by atoms with Crippen molar-refractivity contribution < 1.29 is 0 Å². The number of H-pyrrole nitrogens is 1. The number of thiophene rings is 1. The topological polar surface area (TPSA) is 45.8 Å². The highest BCUT2D eigenvalue weighted by atomic mass is 32.1. The maximum atomic E-state index is 11.5. The number of aromatic nitrogens is 2. The fourth-order valence-corrected chi connectivity index (χ4v) is 2.34. The van der Waals surface area contributed by atoms with Gasteiger partial charge in [0.25, 0.3) is 5.56 Å². The smallest absolute Gasteiger partial charge is 0.251 e. The molecule has 84 valence electrons. The van der Waals surface area contributed by atoms with Gasteiger partial charge in [-0.25, -0.2) is 4.98 Å². The summed E-state index contributed by atoms with van der Waals surface area (Å²) in [6, 6.07) is 1.57. The Kier molecular flexibility index (Phi) is 2.92. The first-order chi connectivity index (χ1) is 7.58. The first kappa shape index (κ1) is 11.1. The first-order valence-electron chi connectivity index (χ1n) is 5.22. The zero-order valence-electron chi connectivity index (χ0n) is 9.57. The van der Waals surface area contributed by atoms with Gasteiger partial charge < -0.3 is 4.98 Å². The molecule has 0 aromatic carbocycles. The average molecular weight is 234 g/mol. The van der Waals surface area contributed by atoms with E-state index < -0.39 is 0 Å². The molecule has 2 heterocycles. The van der Waals surface area contributed by atoms with Gasteiger partial charge >= 0.3 is 0 Å². The number of aryl methyl sites for hydroxylation is 1. The van der Waals surface area contributed by atoms with Crippen molar-refractivity contribution in [1.29, 1.82) is 0 Å². The van der Waals surface area contributed by atoms with Crippen LogP contribution in [-0.2, 0) is 0 Å². The van der Waals surface area contributed by atoms with Crippen LogP contribution < -0.4 is 5.56 Å². The monoisotopic (exact) mass is 234 g/mol. The van der Waals surface area contributed by atoms with Crippen LogP contribution in [0.2, 0.25) is 0 Å². The summed E-state index contributed by atoms with van der Waals surface area (Å²) < 4.78 is 0. The third-order valence-corrected chi connectivity index (χ3v) is 3.33. The Morgan fingerprint density at radius 1 is 1.38 bits per heavy atom. The Morgan fingerprint density at radius 3 is 2.69 bits per heavy atom. The fraction of sp³-hybridized carbons (Fsp3) is 0.333. The average Bonchev–Trinajstić information content (AvgIpc) is 2.63. The van der Waals surface area contributed by atoms with Crippen LogP contribution >= 0.6 is 11.3 Å². The van der Waals surface area contributed by atoms with E-state index in [1.165, 1.54) is 0 Å². The lowest BCUT2D eigenvalue weighted by Crippen LogP contribution is -2.11. The molecule has 0 saturated heterocycles. The highest BCUT2D eigenvalue weighted by Crippen LogP contribution is 2.23. The third kappa shape index (κ3) is 2.07. The van der Waals surface area contributed by atoms with Crippen LogP contribution in [0.5, 0.6) is 0 Å². The van der Waals surface area contributed by atoms with Crippen LogP contribution in [-0.4, -0.2) is 9.97 Å². The van der Waals surface area contributed by atoms with Gasteiger partial charge in [0.1, 0.15) is 5.82 Å². The van der Waals surface area contributed by atoms with Gasteiger partial charge in [0, 0.05) is 17.0 Å². The lowest BCUT2D eigenvalue weighted by molar-refractivity contribution is 0.812. The Labute approximate surface area is 98.2 Å². The Bertz CT molecular complexity index is 554. The van der Waals surface area contributed by atoms with Gasteiger partial charge in [0.15, 0.2) is 0 Å². The van der Waals surface area contributed by atoms with Gasteiger partial charge in [-0.2, -0.15) is 11.3 Å². The number of hydrogen-bond donors (Lipinski definition) is 1. The van der Waals surface area contributed by atoms with E-state index in [0.717, 1.165) is 16.8 Å². The van der Waals surface area contributed by atoms with Crippen LogP contribution in [0.25, 0.3) is 11.4 Å². The zero-order chi connectivity index (χ0) is 11.7. The van der Waals surface area contributed by atoms with E-state index in [0.29, 0.717) is 5.82 Å². The quantitative estimate of drug-likeness (QED) is 0.868. The minimum absolute atomic E-state index is 0.0840. The summed E-state index contributed by atoms with van der Waals surface area (Å²) in [5.74, 6) is 0.940. The Balaban J connectivity index is 2.58. The minimum Gasteiger partial charge on any atom is -0.306 e. The van der Waals surface area contributed by atoms with Crippen molar-refractivity contribution in [3.05, 3.63) is 38.4 Å². The molecule has 0 amide bonds. The molecule has 2 rings (SSSR count). The molecule has 0 aliphatic rings. The minimum atomic E-state index is -0.0840. The summed E-state index contributed by atoms with van der Waals surface area (Å²) in [5.41, 5.74) is 2.92. The van der Waals surface area contributed by atoms with E-state index in [4.69, 9.17) is 0 Å². The largest absolute Gasteiger partial charge is 0.306 e. The van der Waals surface area contributed by atoms with Crippen molar-refractivity contribution in [1.82, 2.24) is 9.97 Å². The van der Waals surface area contributed by atoms with Crippen LogP contribution in [0.15, 0.2) is 21.6 Å². The molecule has 3 nitrogen and oxygen atoms in total. The van der Waals surface area contributed by atoms with Crippen LogP contribution in [0.4, 0.5) is 0 Å². The SMILES string of the molecule is Cc1cscc1-c1nc(C(C)C)cc(=O)[nH]1. The van der Waals surface area contributed by atoms with E-state index in [-0.39, 0.29) is 11.5 Å². The van der Waals surface area contributed by atoms with E-state index in [1.807, 2.05) is 26.2 Å². The Hall–Kier alpha value is -1.42.